The van der Waals surface area contributed by atoms with Gasteiger partial charge < -0.3 is 10.0 Å². The minimum absolute atomic E-state index is 0.00468. The first kappa shape index (κ1) is 17.6. The molecule has 4 aliphatic heterocycles. The van der Waals surface area contributed by atoms with Crippen molar-refractivity contribution in [1.82, 2.24) is 9.80 Å². The van der Waals surface area contributed by atoms with Crippen molar-refractivity contribution in [3.05, 3.63) is 65.2 Å². The summed E-state index contributed by atoms with van der Waals surface area (Å²) in [6.07, 6.45) is 2.03. The molecule has 2 aromatic carbocycles. The summed E-state index contributed by atoms with van der Waals surface area (Å²) in [6.45, 7) is 2.23. The second-order valence-electron chi connectivity index (χ2n) is 8.11. The highest BCUT2D eigenvalue weighted by atomic mass is 19.2. The number of carbonyl (C=O) groups excluding carboxylic acids is 1. The molecule has 1 N–H and O–H groups in total. The highest BCUT2D eigenvalue weighted by Gasteiger charge is 2.55. The van der Waals surface area contributed by atoms with Crippen LogP contribution in [-0.2, 0) is 0 Å². The molecule has 0 unspecified atom stereocenters. The van der Waals surface area contributed by atoms with Crippen molar-refractivity contribution in [2.24, 2.45) is 5.92 Å². The van der Waals surface area contributed by atoms with Gasteiger partial charge in [-0.3, -0.25) is 9.69 Å². The molecule has 0 radical (unpaired) electrons. The van der Waals surface area contributed by atoms with Crippen molar-refractivity contribution >= 4 is 5.91 Å². The molecule has 0 aliphatic carbocycles. The van der Waals surface area contributed by atoms with Gasteiger partial charge in [-0.1, -0.05) is 18.2 Å². The van der Waals surface area contributed by atoms with E-state index < -0.39 is 11.6 Å². The quantitative estimate of drug-likeness (QED) is 0.863. The summed E-state index contributed by atoms with van der Waals surface area (Å²) in [7, 11) is 0. The van der Waals surface area contributed by atoms with Crippen LogP contribution in [0.4, 0.5) is 8.78 Å². The molecular weight excluding hydrogens is 362 g/mol. The molecule has 0 spiro atoms. The third kappa shape index (κ3) is 2.62. The topological polar surface area (TPSA) is 43.8 Å². The van der Waals surface area contributed by atoms with Crippen molar-refractivity contribution < 1.29 is 18.7 Å². The van der Waals surface area contributed by atoms with Crippen LogP contribution in [-0.4, -0.2) is 52.5 Å². The second-order valence-corrected chi connectivity index (χ2v) is 8.11. The summed E-state index contributed by atoms with van der Waals surface area (Å²) in [5, 5.41) is 9.77. The summed E-state index contributed by atoms with van der Waals surface area (Å²) >= 11 is 0. The molecule has 28 heavy (non-hydrogen) atoms. The van der Waals surface area contributed by atoms with E-state index in [1.165, 1.54) is 12.1 Å². The number of phenolic OH excluding ortho intramolecular Hbond substituents is 1. The van der Waals surface area contributed by atoms with Gasteiger partial charge in [0.2, 0.25) is 0 Å². The van der Waals surface area contributed by atoms with Crippen LogP contribution < -0.4 is 0 Å². The van der Waals surface area contributed by atoms with Crippen LogP contribution in [0.2, 0.25) is 0 Å². The molecule has 6 rings (SSSR count). The van der Waals surface area contributed by atoms with Crippen LogP contribution >= 0.6 is 0 Å². The number of fused-ring (bicyclic) bond motifs is 2. The zero-order valence-corrected chi connectivity index (χ0v) is 15.4. The number of nitrogens with zero attached hydrogens (tertiary/aromatic N) is 2. The van der Waals surface area contributed by atoms with Gasteiger partial charge in [-0.05, 0) is 61.7 Å². The summed E-state index contributed by atoms with van der Waals surface area (Å²) in [5.41, 5.74) is 0.782. The van der Waals surface area contributed by atoms with E-state index in [9.17, 15) is 18.7 Å². The van der Waals surface area contributed by atoms with Gasteiger partial charge in [-0.15, -0.1) is 0 Å². The van der Waals surface area contributed by atoms with E-state index >= 15 is 0 Å². The van der Waals surface area contributed by atoms with Crippen molar-refractivity contribution in [1.29, 1.82) is 0 Å². The Hall–Kier alpha value is -2.47. The smallest absolute Gasteiger partial charge is 0.254 e. The largest absolute Gasteiger partial charge is 0.508 e. The fraction of sp³-hybridized carbons (Fsp3) is 0.409. The molecule has 146 valence electrons. The van der Waals surface area contributed by atoms with E-state index in [4.69, 9.17) is 0 Å². The van der Waals surface area contributed by atoms with Gasteiger partial charge in [0.25, 0.3) is 5.91 Å². The average molecular weight is 384 g/mol. The molecule has 4 nitrogen and oxygen atoms in total. The van der Waals surface area contributed by atoms with E-state index in [0.29, 0.717) is 23.6 Å². The van der Waals surface area contributed by atoms with Gasteiger partial charge in [0.15, 0.2) is 11.6 Å². The highest BCUT2D eigenvalue weighted by molar-refractivity contribution is 5.95. The molecule has 3 atom stereocenters. The molecule has 4 aliphatic rings. The lowest BCUT2D eigenvalue weighted by Gasteiger charge is -2.51. The zero-order chi connectivity index (χ0) is 19.4. The number of benzene rings is 2. The number of halogens is 2. The van der Waals surface area contributed by atoms with Gasteiger partial charge >= 0.3 is 0 Å². The van der Waals surface area contributed by atoms with Crippen LogP contribution in [0, 0.1) is 17.6 Å². The molecule has 2 bridgehead atoms. The molecule has 6 heteroatoms. The first-order valence-electron chi connectivity index (χ1n) is 9.82. The maximum Gasteiger partial charge on any atom is 0.254 e. The van der Waals surface area contributed by atoms with Crippen LogP contribution in [0.15, 0.2) is 42.5 Å². The maximum absolute atomic E-state index is 14.6. The Labute approximate surface area is 162 Å². The molecule has 0 aromatic heterocycles. The molecule has 4 saturated heterocycles. The van der Waals surface area contributed by atoms with Gasteiger partial charge in [-0.2, -0.15) is 0 Å². The predicted molar refractivity (Wildman–Crippen MR) is 100 cm³/mol. The zero-order valence-electron chi connectivity index (χ0n) is 15.4. The molecule has 1 amide bonds. The summed E-state index contributed by atoms with van der Waals surface area (Å²) in [4.78, 5) is 17.5. The van der Waals surface area contributed by atoms with Crippen molar-refractivity contribution in [2.45, 2.75) is 30.8 Å². The Morgan fingerprint density at radius 3 is 2.54 bits per heavy atom. The Bertz CT molecular complexity index is 927. The van der Waals surface area contributed by atoms with E-state index in [1.807, 2.05) is 4.90 Å². The van der Waals surface area contributed by atoms with Gasteiger partial charge in [0.1, 0.15) is 5.75 Å². The van der Waals surface area contributed by atoms with Crippen molar-refractivity contribution in [3.8, 4) is 5.75 Å². The fourth-order valence-electron chi connectivity index (χ4n) is 5.54. The number of piperidine rings is 3. The molecule has 2 aromatic rings. The van der Waals surface area contributed by atoms with E-state index in [0.717, 1.165) is 32.0 Å². The molecule has 4 fully saturated rings. The van der Waals surface area contributed by atoms with E-state index in [1.54, 1.807) is 24.3 Å². The number of likely N-dealkylation sites (tertiary alicyclic amines) is 1. The third-order valence-electron chi connectivity index (χ3n) is 6.73. The Morgan fingerprint density at radius 1 is 1.04 bits per heavy atom. The number of hydrogen-bond acceptors (Lipinski definition) is 3. The summed E-state index contributed by atoms with van der Waals surface area (Å²) < 4.78 is 28.5. The standard InChI is InChI=1S/C22H22F2N2O2/c23-18-6-2-5-16(19(18)24)17-12-26(22(28)14-3-1-4-15(27)11-14)20-13-7-9-25(10-8-13)21(17)20/h1-6,11,13,17,20-21,27H,7-10,12H2/t17-,20+,21+/m1/s1. The summed E-state index contributed by atoms with van der Waals surface area (Å²) in [6, 6.07) is 10.6. The average Bonchev–Trinajstić information content (AvgIpc) is 3.13. The van der Waals surface area contributed by atoms with Crippen molar-refractivity contribution in [2.75, 3.05) is 19.6 Å². The SMILES string of the molecule is O=C(c1cccc(O)c1)N1C[C@H](c2cccc(F)c2F)[C@H]2[C@@H]1C1CCN2CC1. The van der Waals surface area contributed by atoms with Gasteiger partial charge in [0.05, 0.1) is 6.04 Å². The van der Waals surface area contributed by atoms with Gasteiger partial charge in [-0.25, -0.2) is 8.78 Å². The third-order valence-corrected chi connectivity index (χ3v) is 6.73. The van der Waals surface area contributed by atoms with Crippen LogP contribution in [0.25, 0.3) is 0 Å². The fourth-order valence-corrected chi connectivity index (χ4v) is 5.54. The van der Waals surface area contributed by atoms with E-state index in [-0.39, 0.29) is 29.7 Å². The highest BCUT2D eigenvalue weighted by Crippen LogP contribution is 2.47. The lowest BCUT2D eigenvalue weighted by atomic mass is 9.75. The molecule has 0 saturated carbocycles. The monoisotopic (exact) mass is 384 g/mol. The number of rotatable bonds is 2. The Kier molecular flexibility index (Phi) is 4.12. The minimum atomic E-state index is -0.845. The number of carbonyl (C=O) groups is 1. The lowest BCUT2D eigenvalue weighted by Crippen LogP contribution is -2.60. The number of hydrogen-bond donors (Lipinski definition) is 1. The normalized spacial score (nSPS) is 31.1. The summed E-state index contributed by atoms with van der Waals surface area (Å²) in [5.74, 6) is -1.64. The minimum Gasteiger partial charge on any atom is -0.508 e. The second kappa shape index (κ2) is 6.55. The lowest BCUT2D eigenvalue weighted by molar-refractivity contribution is -0.00360. The Balaban J connectivity index is 1.56. The van der Waals surface area contributed by atoms with Crippen LogP contribution in [0.5, 0.6) is 5.75 Å². The molecule has 4 heterocycles. The number of aromatic hydroxyl groups is 1. The van der Waals surface area contributed by atoms with Crippen LogP contribution in [0.1, 0.15) is 34.7 Å². The van der Waals surface area contributed by atoms with Crippen LogP contribution in [0.3, 0.4) is 0 Å². The van der Waals surface area contributed by atoms with Gasteiger partial charge in [0, 0.05) is 24.1 Å². The molecular formula is C22H22F2N2O2. The first-order chi connectivity index (χ1) is 13.5. The number of phenols is 1. The number of amides is 1. The van der Waals surface area contributed by atoms with E-state index in [2.05, 4.69) is 4.90 Å². The van der Waals surface area contributed by atoms with Crippen molar-refractivity contribution in [3.63, 3.8) is 0 Å². The predicted octanol–water partition coefficient (Wildman–Crippen LogP) is 3.37. The maximum atomic E-state index is 14.6. The Morgan fingerprint density at radius 2 is 1.79 bits per heavy atom. The first-order valence-corrected chi connectivity index (χ1v) is 9.82.